The fraction of sp³-hybridized carbons (Fsp3) is 0.423. The van der Waals surface area contributed by atoms with E-state index in [1.54, 1.807) is 54.7 Å². The second-order valence-electron chi connectivity index (χ2n) is 20.6. The number of amides is 5. The standard InChI is InChI=1S/C52H56FN11O7/c1-29-26-60(32-12-15-59(16-13-32)33-6-7-35-36(23-33)49(69)64(48(35)68)41-9-10-44(66)57-47(41)67)17-18-61(29)40-8-5-31(22-38(40)53)55-45-51(71)58(4)27-39(56-45)34-11-14-54-46(37(34)28-65)63-20-19-62-42(50(63)70)21-30-24-52(2,3)25-43(30)62/h5-8,11,14,21-23,27,29,32,41,65H,9-10,12-13,15-20,24-26,28H2,1-4H3,(H,55,56)(H,57,66,67)/t29-,41-/m0/s1. The van der Waals surface area contributed by atoms with Crippen LogP contribution in [0.25, 0.3) is 11.3 Å². The first-order chi connectivity index (χ1) is 34.1. The number of hydrogen-bond donors (Lipinski definition) is 3. The molecular weight excluding hydrogens is 910 g/mol. The van der Waals surface area contributed by atoms with Gasteiger partial charge in [0.2, 0.25) is 11.8 Å². The van der Waals surface area contributed by atoms with Crippen molar-refractivity contribution in [3.8, 4) is 11.3 Å². The Balaban J connectivity index is 0.730. The molecule has 5 aromatic rings. The highest BCUT2D eigenvalue weighted by Crippen LogP contribution is 2.41. The quantitative estimate of drug-likeness (QED) is 0.176. The lowest BCUT2D eigenvalue weighted by Gasteiger charge is -2.46. The van der Waals surface area contributed by atoms with Gasteiger partial charge in [0.25, 0.3) is 23.3 Å². The maximum atomic E-state index is 16.1. The molecule has 1 aliphatic carbocycles. The van der Waals surface area contributed by atoms with Gasteiger partial charge in [0.05, 0.1) is 29.1 Å². The van der Waals surface area contributed by atoms with E-state index in [1.165, 1.54) is 21.9 Å². The molecule has 0 bridgehead atoms. The Bertz CT molecular complexity index is 3140. The van der Waals surface area contributed by atoms with Crippen molar-refractivity contribution in [1.82, 2.24) is 34.2 Å². The number of aliphatic hydroxyl groups is 1. The number of piperidine rings is 2. The third-order valence-corrected chi connectivity index (χ3v) is 15.4. The van der Waals surface area contributed by atoms with Gasteiger partial charge in [-0.05, 0) is 98.5 Å². The molecule has 3 fully saturated rings. The fourth-order valence-electron chi connectivity index (χ4n) is 11.8. The van der Waals surface area contributed by atoms with Gasteiger partial charge in [-0.25, -0.2) is 14.4 Å². The number of aliphatic hydroxyl groups excluding tert-OH is 1. The maximum Gasteiger partial charge on any atom is 0.293 e. The van der Waals surface area contributed by atoms with Gasteiger partial charge in [0, 0.05) is 112 Å². The van der Waals surface area contributed by atoms with Gasteiger partial charge in [-0.1, -0.05) is 13.8 Å². The van der Waals surface area contributed by atoms with Crippen LogP contribution in [-0.4, -0.2) is 121 Å². The molecule has 18 nitrogen and oxygen atoms in total. The third kappa shape index (κ3) is 8.04. The highest BCUT2D eigenvalue weighted by molar-refractivity contribution is 6.23. The van der Waals surface area contributed by atoms with E-state index in [2.05, 4.69) is 60.6 Å². The molecule has 0 unspecified atom stereocenters. The Kier molecular flexibility index (Phi) is 11.4. The van der Waals surface area contributed by atoms with Gasteiger partial charge in [-0.2, -0.15) is 0 Å². The second-order valence-corrected chi connectivity index (χ2v) is 20.6. The number of benzene rings is 2. The number of halogens is 1. The molecule has 3 saturated heterocycles. The summed E-state index contributed by atoms with van der Waals surface area (Å²) in [4.78, 5) is 97.0. The number of nitrogens with zero attached hydrogens (tertiary/aromatic N) is 9. The van der Waals surface area contributed by atoms with Gasteiger partial charge < -0.3 is 29.4 Å². The topological polar surface area (TPSA) is 199 Å². The molecule has 71 heavy (non-hydrogen) atoms. The van der Waals surface area contributed by atoms with Crippen LogP contribution in [-0.2, 0) is 42.6 Å². The fourth-order valence-corrected chi connectivity index (χ4v) is 11.8. The predicted octanol–water partition coefficient (Wildman–Crippen LogP) is 4.38. The Hall–Kier alpha value is -7.25. The molecule has 368 valence electrons. The number of carbonyl (C=O) groups is 5. The number of imide groups is 2. The van der Waals surface area contributed by atoms with E-state index in [4.69, 9.17) is 0 Å². The van der Waals surface area contributed by atoms with E-state index >= 15 is 4.39 Å². The average Bonchev–Trinajstić information content (AvgIpc) is 3.94. The smallest absolute Gasteiger partial charge is 0.293 e. The number of carbonyl (C=O) groups excluding carboxylic acids is 5. The number of nitrogens with one attached hydrogen (secondary N) is 2. The van der Waals surface area contributed by atoms with Crippen molar-refractivity contribution in [3.63, 3.8) is 0 Å². The van der Waals surface area contributed by atoms with E-state index in [9.17, 15) is 33.9 Å². The lowest BCUT2D eigenvalue weighted by molar-refractivity contribution is -0.136. The predicted molar refractivity (Wildman–Crippen MR) is 262 cm³/mol. The summed E-state index contributed by atoms with van der Waals surface area (Å²) in [6.45, 7) is 10.7. The lowest BCUT2D eigenvalue weighted by atomic mass is 9.90. The molecule has 3 N–H and O–H groups in total. The highest BCUT2D eigenvalue weighted by Gasteiger charge is 2.45. The van der Waals surface area contributed by atoms with Gasteiger partial charge in [-0.15, -0.1) is 0 Å². The summed E-state index contributed by atoms with van der Waals surface area (Å²) in [5.41, 5.74) is 6.17. The normalized spacial score (nSPS) is 21.5. The van der Waals surface area contributed by atoms with Crippen molar-refractivity contribution in [2.75, 3.05) is 59.3 Å². The monoisotopic (exact) mass is 965 g/mol. The first kappa shape index (κ1) is 46.2. The summed E-state index contributed by atoms with van der Waals surface area (Å²) in [6, 6.07) is 13.0. The van der Waals surface area contributed by atoms with E-state index < -0.39 is 47.7 Å². The van der Waals surface area contributed by atoms with Crippen LogP contribution < -0.4 is 30.9 Å². The molecule has 2 aromatic carbocycles. The number of rotatable bonds is 9. The van der Waals surface area contributed by atoms with Crippen molar-refractivity contribution in [3.05, 3.63) is 111 Å². The second kappa shape index (κ2) is 17.6. The molecule has 6 aliphatic rings. The summed E-state index contributed by atoms with van der Waals surface area (Å²) in [6.07, 6.45) is 6.87. The molecule has 5 amide bonds. The van der Waals surface area contributed by atoms with Crippen molar-refractivity contribution < 1.29 is 33.5 Å². The van der Waals surface area contributed by atoms with Crippen LogP contribution in [0.2, 0.25) is 0 Å². The lowest BCUT2D eigenvalue weighted by Crippen LogP contribution is -2.57. The Morgan fingerprint density at radius 1 is 0.859 bits per heavy atom. The number of anilines is 5. The van der Waals surface area contributed by atoms with Crippen LogP contribution in [0.5, 0.6) is 0 Å². The first-order valence-electron chi connectivity index (χ1n) is 24.4. The van der Waals surface area contributed by atoms with Crippen molar-refractivity contribution in [2.24, 2.45) is 12.5 Å². The SMILES string of the molecule is C[C@H]1CN(C2CCN(c3ccc4c(c3)C(=O)N([C@H]3CCC(=O)NC3=O)C4=O)CC2)CCN1c1ccc(Nc2nc(-c3ccnc(N4CCn5c(cc6c5CC(C)(C)C6)C4=O)c3CO)cn(C)c2=O)cc1F. The summed E-state index contributed by atoms with van der Waals surface area (Å²) in [7, 11) is 1.60. The summed E-state index contributed by atoms with van der Waals surface area (Å²) in [5.74, 6) is -2.43. The van der Waals surface area contributed by atoms with Crippen molar-refractivity contribution >= 4 is 58.2 Å². The minimum atomic E-state index is -1.01. The van der Waals surface area contributed by atoms with Crippen LogP contribution in [0, 0.1) is 11.2 Å². The largest absolute Gasteiger partial charge is 0.392 e. The number of aryl methyl sites for hydroxylation is 1. The van der Waals surface area contributed by atoms with Crippen molar-refractivity contribution in [1.29, 1.82) is 0 Å². The molecule has 0 spiro atoms. The van der Waals surface area contributed by atoms with Crippen LogP contribution in [0.15, 0.2) is 65.7 Å². The molecular formula is C52H56FN11O7. The zero-order valence-corrected chi connectivity index (χ0v) is 40.2. The van der Waals surface area contributed by atoms with Gasteiger partial charge in [-0.3, -0.25) is 48.8 Å². The van der Waals surface area contributed by atoms with Crippen molar-refractivity contribution in [2.45, 2.75) is 90.6 Å². The third-order valence-electron chi connectivity index (χ3n) is 15.4. The number of pyridine rings is 1. The molecule has 3 aromatic heterocycles. The minimum absolute atomic E-state index is 0.00168. The number of hydrogen-bond acceptors (Lipinski definition) is 13. The molecule has 5 aliphatic heterocycles. The maximum absolute atomic E-state index is 16.1. The van der Waals surface area contributed by atoms with Gasteiger partial charge >= 0.3 is 0 Å². The summed E-state index contributed by atoms with van der Waals surface area (Å²) >= 11 is 0. The zero-order valence-electron chi connectivity index (χ0n) is 40.2. The minimum Gasteiger partial charge on any atom is -0.392 e. The molecule has 8 heterocycles. The van der Waals surface area contributed by atoms with Crippen LogP contribution >= 0.6 is 0 Å². The Labute approximate surface area is 409 Å². The van der Waals surface area contributed by atoms with Gasteiger partial charge in [0.1, 0.15) is 23.4 Å². The number of aromatic nitrogens is 4. The van der Waals surface area contributed by atoms with E-state index in [1.807, 2.05) is 12.1 Å². The molecule has 0 saturated carbocycles. The van der Waals surface area contributed by atoms with E-state index in [0.717, 1.165) is 62.4 Å². The Morgan fingerprint density at radius 2 is 1.65 bits per heavy atom. The van der Waals surface area contributed by atoms with Crippen LogP contribution in [0.1, 0.15) is 94.5 Å². The summed E-state index contributed by atoms with van der Waals surface area (Å²) in [5, 5.41) is 16.1. The summed E-state index contributed by atoms with van der Waals surface area (Å²) < 4.78 is 19.7. The van der Waals surface area contributed by atoms with Crippen LogP contribution in [0.3, 0.4) is 0 Å². The molecule has 11 rings (SSSR count). The number of piperazine rings is 1. The molecule has 2 atom stereocenters. The van der Waals surface area contributed by atoms with Gasteiger partial charge in [0.15, 0.2) is 5.82 Å². The Morgan fingerprint density at radius 3 is 2.39 bits per heavy atom. The van der Waals surface area contributed by atoms with E-state index in [0.29, 0.717) is 65.4 Å². The van der Waals surface area contributed by atoms with Crippen LogP contribution in [0.4, 0.5) is 33.1 Å². The highest BCUT2D eigenvalue weighted by atomic mass is 19.1. The van der Waals surface area contributed by atoms with E-state index in [-0.39, 0.29) is 47.2 Å². The average molecular weight is 966 g/mol. The first-order valence-corrected chi connectivity index (χ1v) is 24.4. The number of fused-ring (bicyclic) bond motifs is 4. The zero-order chi connectivity index (χ0) is 49.6. The molecule has 19 heteroatoms. The molecule has 0 radical (unpaired) electrons.